The van der Waals surface area contributed by atoms with Gasteiger partial charge in [0.05, 0.1) is 18.2 Å². The Balaban J connectivity index is 3.43. The summed E-state index contributed by atoms with van der Waals surface area (Å²) in [6.07, 6.45) is 0. The number of methoxy groups -OCH3 is 1. The summed E-state index contributed by atoms with van der Waals surface area (Å²) in [5.41, 5.74) is 0.381. The molecular formula is C10H7BrFNO2. The molecule has 0 bridgehead atoms. The third kappa shape index (κ3) is 2.16. The van der Waals surface area contributed by atoms with E-state index in [1.807, 2.05) is 0 Å². The van der Waals surface area contributed by atoms with Crippen LogP contribution >= 0.6 is 15.9 Å². The van der Waals surface area contributed by atoms with Crippen LogP contribution in [-0.4, -0.2) is 13.1 Å². The molecule has 15 heavy (non-hydrogen) atoms. The Morgan fingerprint density at radius 1 is 1.67 bits per heavy atom. The van der Waals surface area contributed by atoms with Crippen molar-refractivity contribution in [2.24, 2.45) is 0 Å². The first-order valence-corrected chi connectivity index (χ1v) is 5.13. The van der Waals surface area contributed by atoms with Crippen molar-refractivity contribution in [3.63, 3.8) is 0 Å². The van der Waals surface area contributed by atoms with Gasteiger partial charge in [-0.05, 0) is 17.7 Å². The number of nitriles is 1. The predicted molar refractivity (Wildman–Crippen MR) is 55.1 cm³/mol. The van der Waals surface area contributed by atoms with Gasteiger partial charge in [-0.25, -0.2) is 9.18 Å². The van der Waals surface area contributed by atoms with Crippen LogP contribution in [0, 0.1) is 17.1 Å². The first-order chi connectivity index (χ1) is 7.15. The highest BCUT2D eigenvalue weighted by Gasteiger charge is 2.17. The van der Waals surface area contributed by atoms with E-state index in [0.717, 1.165) is 6.07 Å². The van der Waals surface area contributed by atoms with Crippen LogP contribution in [0.1, 0.15) is 21.5 Å². The van der Waals surface area contributed by atoms with Gasteiger partial charge in [0.2, 0.25) is 0 Å². The number of alkyl halides is 1. The number of hydrogen-bond donors (Lipinski definition) is 0. The molecule has 0 fully saturated rings. The molecule has 3 nitrogen and oxygen atoms in total. The van der Waals surface area contributed by atoms with Crippen molar-refractivity contribution >= 4 is 21.9 Å². The molecule has 0 aliphatic rings. The van der Waals surface area contributed by atoms with Gasteiger partial charge in [0.25, 0.3) is 0 Å². The first kappa shape index (κ1) is 11.7. The summed E-state index contributed by atoms with van der Waals surface area (Å²) in [6.45, 7) is 0. The van der Waals surface area contributed by atoms with Crippen molar-refractivity contribution in [3.05, 3.63) is 34.6 Å². The monoisotopic (exact) mass is 271 g/mol. The molecule has 78 valence electrons. The largest absolute Gasteiger partial charge is 0.465 e. The molecule has 0 heterocycles. The number of nitrogens with zero attached hydrogens (tertiary/aromatic N) is 1. The van der Waals surface area contributed by atoms with Crippen molar-refractivity contribution in [3.8, 4) is 6.07 Å². The number of benzene rings is 1. The zero-order valence-corrected chi connectivity index (χ0v) is 9.47. The highest BCUT2D eigenvalue weighted by molar-refractivity contribution is 9.08. The van der Waals surface area contributed by atoms with Crippen LogP contribution in [0.15, 0.2) is 12.1 Å². The molecule has 0 amide bonds. The second kappa shape index (κ2) is 4.89. The van der Waals surface area contributed by atoms with Crippen molar-refractivity contribution in [1.29, 1.82) is 5.26 Å². The fourth-order valence-corrected chi connectivity index (χ4v) is 1.76. The minimum atomic E-state index is -0.639. The molecule has 0 spiro atoms. The molecule has 0 saturated carbocycles. The Kier molecular flexibility index (Phi) is 3.81. The van der Waals surface area contributed by atoms with Crippen LogP contribution < -0.4 is 0 Å². The number of esters is 1. The third-order valence-corrected chi connectivity index (χ3v) is 2.47. The molecule has 0 saturated heterocycles. The smallest absolute Gasteiger partial charge is 0.338 e. The van der Waals surface area contributed by atoms with Crippen molar-refractivity contribution in [1.82, 2.24) is 0 Å². The minimum absolute atomic E-state index is 0.130. The van der Waals surface area contributed by atoms with Crippen LogP contribution in [0.2, 0.25) is 0 Å². The zero-order chi connectivity index (χ0) is 11.4. The number of carbonyl (C=O) groups excluding carboxylic acids is 1. The van der Waals surface area contributed by atoms with Crippen LogP contribution in [0.5, 0.6) is 0 Å². The Morgan fingerprint density at radius 3 is 2.80 bits per heavy atom. The second-order valence-electron chi connectivity index (χ2n) is 2.69. The van der Waals surface area contributed by atoms with Gasteiger partial charge in [0, 0.05) is 5.33 Å². The predicted octanol–water partition coefficient (Wildman–Crippen LogP) is 2.38. The number of ether oxygens (including phenoxy) is 1. The fourth-order valence-electron chi connectivity index (χ4n) is 1.18. The molecule has 0 aromatic heterocycles. The summed E-state index contributed by atoms with van der Waals surface area (Å²) in [5, 5.41) is 8.97. The summed E-state index contributed by atoms with van der Waals surface area (Å²) in [5.74, 6) is -1.22. The normalized spacial score (nSPS) is 9.47. The topological polar surface area (TPSA) is 50.1 Å². The van der Waals surface area contributed by atoms with E-state index in [2.05, 4.69) is 20.7 Å². The molecule has 5 heteroatoms. The van der Waals surface area contributed by atoms with Crippen molar-refractivity contribution in [2.75, 3.05) is 7.11 Å². The lowest BCUT2D eigenvalue weighted by atomic mass is 10.0. The third-order valence-electron chi connectivity index (χ3n) is 1.91. The first-order valence-electron chi connectivity index (χ1n) is 4.01. The average molecular weight is 272 g/mol. The maximum absolute atomic E-state index is 13.2. The molecule has 1 rings (SSSR count). The Morgan fingerprint density at radius 2 is 2.33 bits per heavy atom. The van der Waals surface area contributed by atoms with E-state index in [-0.39, 0.29) is 16.5 Å². The van der Waals surface area contributed by atoms with Crippen LogP contribution in [0.3, 0.4) is 0 Å². The fraction of sp³-hybridized carbons (Fsp3) is 0.200. The van der Waals surface area contributed by atoms with Gasteiger partial charge in [-0.3, -0.25) is 0 Å². The van der Waals surface area contributed by atoms with E-state index >= 15 is 0 Å². The standard InChI is InChI=1S/C10H7BrFNO2/c1-15-10(14)6-2-3-9(12)8(5-13)7(6)4-11/h2-3H,4H2,1H3. The molecule has 0 aliphatic heterocycles. The molecule has 1 aromatic rings. The van der Waals surface area contributed by atoms with Gasteiger partial charge in [-0.2, -0.15) is 5.26 Å². The minimum Gasteiger partial charge on any atom is -0.465 e. The second-order valence-corrected chi connectivity index (χ2v) is 3.25. The van der Waals surface area contributed by atoms with Crippen molar-refractivity contribution in [2.45, 2.75) is 5.33 Å². The summed E-state index contributed by atoms with van der Waals surface area (Å²) < 4.78 is 17.7. The Hall–Kier alpha value is -1.41. The molecule has 0 aliphatic carbocycles. The lowest BCUT2D eigenvalue weighted by molar-refractivity contribution is 0.0599. The molecule has 0 radical (unpaired) electrons. The maximum atomic E-state index is 13.2. The molecule has 0 N–H and O–H groups in total. The lowest BCUT2D eigenvalue weighted by Crippen LogP contribution is -2.07. The van der Waals surface area contributed by atoms with Gasteiger partial charge < -0.3 is 4.74 Å². The van der Waals surface area contributed by atoms with Gasteiger partial charge in [-0.15, -0.1) is 0 Å². The van der Waals surface area contributed by atoms with E-state index in [4.69, 9.17) is 5.26 Å². The quantitative estimate of drug-likeness (QED) is 0.613. The molecule has 0 unspecified atom stereocenters. The van der Waals surface area contributed by atoms with E-state index in [0.29, 0.717) is 5.56 Å². The zero-order valence-electron chi connectivity index (χ0n) is 7.88. The van der Waals surface area contributed by atoms with Gasteiger partial charge in [0.1, 0.15) is 11.9 Å². The van der Waals surface area contributed by atoms with Crippen LogP contribution in [0.25, 0.3) is 0 Å². The number of hydrogen-bond acceptors (Lipinski definition) is 3. The highest BCUT2D eigenvalue weighted by Crippen LogP contribution is 2.21. The average Bonchev–Trinajstić information content (AvgIpc) is 2.27. The van der Waals surface area contributed by atoms with E-state index in [1.165, 1.54) is 13.2 Å². The summed E-state index contributed by atoms with van der Waals surface area (Å²) in [6, 6.07) is 4.11. The molecular weight excluding hydrogens is 265 g/mol. The molecule has 0 atom stereocenters. The van der Waals surface area contributed by atoms with E-state index < -0.39 is 11.8 Å². The van der Waals surface area contributed by atoms with Gasteiger partial charge in [0.15, 0.2) is 0 Å². The Bertz CT molecular complexity index is 440. The summed E-state index contributed by atoms with van der Waals surface area (Å²) in [7, 11) is 1.23. The van der Waals surface area contributed by atoms with Gasteiger partial charge in [-0.1, -0.05) is 15.9 Å². The summed E-state index contributed by atoms with van der Waals surface area (Å²) in [4.78, 5) is 11.3. The number of halogens is 2. The SMILES string of the molecule is COC(=O)c1ccc(F)c(C#N)c1CBr. The van der Waals surface area contributed by atoms with Gasteiger partial charge >= 0.3 is 5.97 Å². The van der Waals surface area contributed by atoms with Crippen molar-refractivity contribution < 1.29 is 13.9 Å². The highest BCUT2D eigenvalue weighted by atomic mass is 79.9. The van der Waals surface area contributed by atoms with Crippen LogP contribution in [0.4, 0.5) is 4.39 Å². The number of carbonyl (C=O) groups is 1. The Labute approximate surface area is 94.6 Å². The summed E-state index contributed by atoms with van der Waals surface area (Å²) >= 11 is 3.11. The lowest BCUT2D eigenvalue weighted by Gasteiger charge is -2.07. The van der Waals surface area contributed by atoms with Crippen LogP contribution in [-0.2, 0) is 10.1 Å². The van der Waals surface area contributed by atoms with E-state index in [1.54, 1.807) is 6.07 Å². The molecule has 1 aromatic carbocycles. The van der Waals surface area contributed by atoms with E-state index in [9.17, 15) is 9.18 Å². The maximum Gasteiger partial charge on any atom is 0.338 e. The number of rotatable bonds is 2.